The zero-order valence-corrected chi connectivity index (χ0v) is 21.8. The van der Waals surface area contributed by atoms with Gasteiger partial charge in [-0.3, -0.25) is 4.79 Å². The number of β-amino-alcohol motifs (C(OH)–C–C–N with tert-alkyl or cyclic N) is 1. The van der Waals surface area contributed by atoms with Gasteiger partial charge >= 0.3 is 5.97 Å². The van der Waals surface area contributed by atoms with Crippen LogP contribution in [0.5, 0.6) is 0 Å². The predicted octanol–water partition coefficient (Wildman–Crippen LogP) is 5.40. The van der Waals surface area contributed by atoms with E-state index in [-0.39, 0.29) is 24.7 Å². The van der Waals surface area contributed by atoms with Crippen LogP contribution < -0.4 is 5.32 Å². The van der Waals surface area contributed by atoms with Crippen molar-refractivity contribution < 1.29 is 19.7 Å². The molecule has 0 aliphatic heterocycles. The lowest BCUT2D eigenvalue weighted by atomic mass is 9.88. The molecular weight excluding hydrogens is 438 g/mol. The van der Waals surface area contributed by atoms with Crippen molar-refractivity contribution in [1.29, 1.82) is 0 Å². The van der Waals surface area contributed by atoms with Crippen molar-refractivity contribution in [3.8, 4) is 0 Å². The van der Waals surface area contributed by atoms with Crippen molar-refractivity contribution in [3.63, 3.8) is 0 Å². The zero-order valence-electron chi connectivity index (χ0n) is 21.8. The number of aliphatic hydroxyl groups is 1. The number of carboxylic acid groups (broad SMARTS) is 1. The monoisotopic (exact) mass is 481 g/mol. The molecular formula is C30H43NO4. The summed E-state index contributed by atoms with van der Waals surface area (Å²) in [4.78, 5) is 11.2. The van der Waals surface area contributed by atoms with Gasteiger partial charge in [-0.15, -0.1) is 0 Å². The molecule has 5 heteroatoms. The smallest absolute Gasteiger partial charge is 0.303 e. The molecule has 3 rings (SSSR count). The van der Waals surface area contributed by atoms with E-state index in [0.29, 0.717) is 18.9 Å². The highest BCUT2D eigenvalue weighted by Gasteiger charge is 2.28. The predicted molar refractivity (Wildman–Crippen MR) is 141 cm³/mol. The van der Waals surface area contributed by atoms with E-state index in [1.165, 1.54) is 11.1 Å². The van der Waals surface area contributed by atoms with Crippen LogP contribution >= 0.6 is 0 Å². The van der Waals surface area contributed by atoms with Gasteiger partial charge in [0.05, 0.1) is 18.8 Å². The van der Waals surface area contributed by atoms with Crippen molar-refractivity contribution in [3.05, 3.63) is 70.3 Å². The van der Waals surface area contributed by atoms with Gasteiger partial charge in [0.2, 0.25) is 0 Å². The van der Waals surface area contributed by atoms with Gasteiger partial charge in [-0.1, -0.05) is 55.8 Å². The van der Waals surface area contributed by atoms with E-state index in [4.69, 9.17) is 9.84 Å². The van der Waals surface area contributed by atoms with Crippen molar-refractivity contribution >= 4 is 5.97 Å². The fourth-order valence-corrected chi connectivity index (χ4v) is 5.46. The number of carbonyl (C=O) groups is 1. The number of hydrogen-bond donors (Lipinski definition) is 3. The molecule has 0 bridgehead atoms. The third kappa shape index (κ3) is 8.16. The number of nitrogens with one attached hydrogen (secondary N) is 1. The molecule has 0 saturated carbocycles. The minimum absolute atomic E-state index is 0.0724. The van der Waals surface area contributed by atoms with Crippen LogP contribution in [-0.4, -0.2) is 41.0 Å². The topological polar surface area (TPSA) is 78.8 Å². The molecule has 35 heavy (non-hydrogen) atoms. The van der Waals surface area contributed by atoms with E-state index in [2.05, 4.69) is 50.4 Å². The summed E-state index contributed by atoms with van der Waals surface area (Å²) in [5.74, 6) is -0.166. The maximum atomic E-state index is 11.2. The highest BCUT2D eigenvalue weighted by atomic mass is 16.5. The Balaban J connectivity index is 1.52. The lowest BCUT2D eigenvalue weighted by Crippen LogP contribution is -2.45. The maximum Gasteiger partial charge on any atom is 0.303 e. The Morgan fingerprint density at radius 2 is 1.83 bits per heavy atom. The number of benzene rings is 2. The Bertz CT molecular complexity index is 946. The first-order valence-corrected chi connectivity index (χ1v) is 13.1. The Morgan fingerprint density at radius 1 is 1.14 bits per heavy atom. The zero-order chi connectivity index (χ0) is 25.4. The van der Waals surface area contributed by atoms with Crippen LogP contribution in [-0.2, 0) is 28.8 Å². The van der Waals surface area contributed by atoms with Crippen LogP contribution in [0.25, 0.3) is 0 Å². The second kappa shape index (κ2) is 12.7. The Hall–Kier alpha value is -2.21. The third-order valence-electron chi connectivity index (χ3n) is 7.17. The summed E-state index contributed by atoms with van der Waals surface area (Å²) in [6.07, 6.45) is 4.93. The average molecular weight is 482 g/mol. The number of fused-ring (bicyclic) bond motifs is 1. The van der Waals surface area contributed by atoms with Gasteiger partial charge in [0.25, 0.3) is 0 Å². The number of aliphatic carboxylic acids is 1. The fraction of sp³-hybridized carbons (Fsp3) is 0.567. The van der Waals surface area contributed by atoms with E-state index >= 15 is 0 Å². The van der Waals surface area contributed by atoms with Gasteiger partial charge in [-0.2, -0.15) is 0 Å². The summed E-state index contributed by atoms with van der Waals surface area (Å²) < 4.78 is 6.24. The molecule has 1 aliphatic carbocycles. The number of aliphatic hydroxyl groups excluding tert-OH is 1. The number of ether oxygens (including phenoxy) is 1. The quantitative estimate of drug-likeness (QED) is 0.337. The summed E-state index contributed by atoms with van der Waals surface area (Å²) >= 11 is 0. The fourth-order valence-electron chi connectivity index (χ4n) is 5.46. The normalized spacial score (nSPS) is 15.7. The van der Waals surface area contributed by atoms with Crippen LogP contribution in [0.4, 0.5) is 0 Å². The minimum Gasteiger partial charge on any atom is -0.481 e. The van der Waals surface area contributed by atoms with E-state index in [1.807, 2.05) is 25.1 Å². The molecule has 5 nitrogen and oxygen atoms in total. The minimum atomic E-state index is -0.794. The van der Waals surface area contributed by atoms with Gasteiger partial charge in [-0.05, 0) is 86.6 Å². The molecule has 1 aliphatic rings. The molecule has 192 valence electrons. The molecule has 2 aromatic rings. The Morgan fingerprint density at radius 3 is 2.46 bits per heavy atom. The molecule has 0 saturated heterocycles. The van der Waals surface area contributed by atoms with Gasteiger partial charge < -0.3 is 20.3 Å². The summed E-state index contributed by atoms with van der Waals surface area (Å²) in [6, 6.07) is 14.8. The lowest BCUT2D eigenvalue weighted by molar-refractivity contribution is -0.136. The third-order valence-corrected chi connectivity index (χ3v) is 7.17. The number of rotatable bonds is 14. The van der Waals surface area contributed by atoms with Crippen molar-refractivity contribution in [1.82, 2.24) is 5.32 Å². The van der Waals surface area contributed by atoms with Gasteiger partial charge in [0.1, 0.15) is 0 Å². The van der Waals surface area contributed by atoms with E-state index in [9.17, 15) is 9.90 Å². The van der Waals surface area contributed by atoms with Crippen LogP contribution in [0.3, 0.4) is 0 Å². The summed E-state index contributed by atoms with van der Waals surface area (Å²) in [5, 5.41) is 23.4. The summed E-state index contributed by atoms with van der Waals surface area (Å²) in [6.45, 7) is 9.29. The van der Waals surface area contributed by atoms with Crippen LogP contribution in [0.15, 0.2) is 42.5 Å². The molecule has 0 heterocycles. The second-order valence-electron chi connectivity index (χ2n) is 10.8. The second-order valence-corrected chi connectivity index (χ2v) is 10.8. The average Bonchev–Trinajstić information content (AvgIpc) is 3.21. The SMILES string of the molecule is CCC[C@@H](OC[C@H](O)CNC(C)(C)CC1Cc2ccccc2C1)c1cccc(C)c1CCC(=O)O. The Labute approximate surface area is 210 Å². The number of carboxylic acids is 1. The highest BCUT2D eigenvalue weighted by Crippen LogP contribution is 2.32. The van der Waals surface area contributed by atoms with Crippen LogP contribution in [0, 0.1) is 12.8 Å². The van der Waals surface area contributed by atoms with Crippen molar-refractivity contribution in [2.24, 2.45) is 5.92 Å². The number of hydrogen-bond acceptors (Lipinski definition) is 4. The molecule has 0 aromatic heterocycles. The molecule has 2 atom stereocenters. The molecule has 0 amide bonds. The van der Waals surface area contributed by atoms with Crippen molar-refractivity contribution in [2.75, 3.05) is 13.2 Å². The summed E-state index contributed by atoms with van der Waals surface area (Å²) in [7, 11) is 0. The molecule has 0 unspecified atom stereocenters. The highest BCUT2D eigenvalue weighted by molar-refractivity contribution is 5.67. The number of aryl methyl sites for hydroxylation is 1. The first-order valence-electron chi connectivity index (χ1n) is 13.1. The van der Waals surface area contributed by atoms with E-state index in [1.54, 1.807) is 0 Å². The van der Waals surface area contributed by atoms with E-state index in [0.717, 1.165) is 48.8 Å². The van der Waals surface area contributed by atoms with Crippen LogP contribution in [0.2, 0.25) is 0 Å². The van der Waals surface area contributed by atoms with Gasteiger partial charge in [-0.25, -0.2) is 0 Å². The summed E-state index contributed by atoms with van der Waals surface area (Å²) in [5.41, 5.74) is 6.07. The van der Waals surface area contributed by atoms with Crippen molar-refractivity contribution in [2.45, 2.75) is 90.4 Å². The largest absolute Gasteiger partial charge is 0.481 e. The first kappa shape index (κ1) is 27.4. The molecule has 2 aromatic carbocycles. The molecule has 3 N–H and O–H groups in total. The lowest BCUT2D eigenvalue weighted by Gasteiger charge is -2.31. The van der Waals surface area contributed by atoms with Gasteiger partial charge in [0.15, 0.2) is 0 Å². The first-order chi connectivity index (χ1) is 16.7. The van der Waals surface area contributed by atoms with Crippen LogP contribution in [0.1, 0.15) is 80.4 Å². The van der Waals surface area contributed by atoms with Gasteiger partial charge in [0, 0.05) is 18.5 Å². The molecule has 0 radical (unpaired) electrons. The standard InChI is InChI=1S/C30H43NO4/c1-5-9-28(27-13-8-10-21(2)26(27)14-15-29(33)34)35-20-25(32)19-31-30(3,4)18-22-16-23-11-6-7-12-24(23)17-22/h6-8,10-13,22,25,28,31-32H,5,9,14-20H2,1-4H3,(H,33,34)/t25-,28-/m1/s1. The van der Waals surface area contributed by atoms with E-state index < -0.39 is 12.1 Å². The molecule has 0 fully saturated rings. The molecule has 0 spiro atoms. The maximum absolute atomic E-state index is 11.2. The Kier molecular flexibility index (Phi) is 9.90.